The van der Waals surface area contributed by atoms with Gasteiger partial charge in [-0.25, -0.2) is 4.79 Å². The van der Waals surface area contributed by atoms with Crippen molar-refractivity contribution < 1.29 is 24.5 Å². The van der Waals surface area contributed by atoms with Gasteiger partial charge in [-0.05, 0) is 24.6 Å². The molecule has 0 saturated carbocycles. The fourth-order valence-electron chi connectivity index (χ4n) is 1.39. The largest absolute Gasteiger partial charge is 0.496 e. The summed E-state index contributed by atoms with van der Waals surface area (Å²) in [6.45, 7) is 1.17. The number of aliphatic hydroxyl groups is 1. The highest BCUT2D eigenvalue weighted by atomic mass is 16.5. The van der Waals surface area contributed by atoms with Crippen molar-refractivity contribution in [2.24, 2.45) is 0 Å². The van der Waals surface area contributed by atoms with Crippen LogP contribution in [0.3, 0.4) is 0 Å². The Labute approximate surface area is 104 Å². The van der Waals surface area contributed by atoms with E-state index in [0.29, 0.717) is 5.75 Å². The van der Waals surface area contributed by atoms with Gasteiger partial charge in [0.1, 0.15) is 5.75 Å². The predicted octanol–water partition coefficient (Wildman–Crippen LogP) is 0.179. The Morgan fingerprint density at radius 2 is 2.11 bits per heavy atom. The van der Waals surface area contributed by atoms with Gasteiger partial charge in [-0.2, -0.15) is 0 Å². The molecule has 0 aromatic heterocycles. The molecule has 0 unspecified atom stereocenters. The number of aryl methyl sites for hydroxylation is 1. The number of rotatable bonds is 5. The molecule has 0 aliphatic carbocycles. The smallest absolute Gasteiger partial charge is 0.328 e. The van der Waals surface area contributed by atoms with Crippen LogP contribution in [0, 0.1) is 6.92 Å². The molecule has 0 heterocycles. The lowest BCUT2D eigenvalue weighted by Gasteiger charge is -2.12. The molecule has 0 radical (unpaired) electrons. The second-order valence-corrected chi connectivity index (χ2v) is 3.73. The van der Waals surface area contributed by atoms with Crippen LogP contribution in [0.2, 0.25) is 0 Å². The Morgan fingerprint density at radius 3 is 2.61 bits per heavy atom. The molecule has 0 saturated heterocycles. The van der Waals surface area contributed by atoms with Gasteiger partial charge in [0.05, 0.1) is 13.7 Å². The summed E-state index contributed by atoms with van der Waals surface area (Å²) in [7, 11) is 1.48. The monoisotopic (exact) mass is 253 g/mol. The molecular formula is C12H15NO5. The second kappa shape index (κ2) is 6.02. The van der Waals surface area contributed by atoms with Crippen molar-refractivity contribution in [2.75, 3.05) is 13.7 Å². The van der Waals surface area contributed by atoms with Crippen molar-refractivity contribution in [2.45, 2.75) is 13.0 Å². The molecule has 3 N–H and O–H groups in total. The summed E-state index contributed by atoms with van der Waals surface area (Å²) < 4.78 is 5.07. The average Bonchev–Trinajstić information content (AvgIpc) is 2.35. The number of aliphatic hydroxyl groups excluding tert-OH is 1. The van der Waals surface area contributed by atoms with Gasteiger partial charge in [-0.3, -0.25) is 4.79 Å². The third-order valence-electron chi connectivity index (χ3n) is 2.46. The molecule has 0 aliphatic heterocycles. The van der Waals surface area contributed by atoms with Crippen LogP contribution in [0.1, 0.15) is 15.9 Å². The average molecular weight is 253 g/mol. The SMILES string of the molecule is COc1cc(C(=O)N[C@H](CO)C(=O)O)ccc1C. The van der Waals surface area contributed by atoms with Gasteiger partial charge in [0.2, 0.25) is 0 Å². The van der Waals surface area contributed by atoms with Crippen molar-refractivity contribution in [3.63, 3.8) is 0 Å². The van der Waals surface area contributed by atoms with Gasteiger partial charge >= 0.3 is 5.97 Å². The summed E-state index contributed by atoms with van der Waals surface area (Å²) in [5, 5.41) is 19.7. The van der Waals surface area contributed by atoms with Crippen LogP contribution in [0.15, 0.2) is 18.2 Å². The number of benzene rings is 1. The third kappa shape index (κ3) is 3.21. The maximum absolute atomic E-state index is 11.8. The van der Waals surface area contributed by atoms with Crippen LogP contribution in [-0.2, 0) is 4.79 Å². The van der Waals surface area contributed by atoms with E-state index in [-0.39, 0.29) is 5.56 Å². The number of carbonyl (C=O) groups excluding carboxylic acids is 1. The molecule has 1 atom stereocenters. The second-order valence-electron chi connectivity index (χ2n) is 3.73. The Kier molecular flexibility index (Phi) is 4.67. The highest BCUT2D eigenvalue weighted by molar-refractivity contribution is 5.97. The molecule has 1 rings (SSSR count). The molecule has 0 bridgehead atoms. The minimum atomic E-state index is -1.32. The maximum atomic E-state index is 11.8. The minimum absolute atomic E-state index is 0.275. The van der Waals surface area contributed by atoms with E-state index in [1.165, 1.54) is 13.2 Å². The first-order chi connectivity index (χ1) is 8.49. The number of methoxy groups -OCH3 is 1. The zero-order valence-electron chi connectivity index (χ0n) is 10.1. The number of amides is 1. The van der Waals surface area contributed by atoms with Crippen LogP contribution in [-0.4, -0.2) is 41.8 Å². The summed E-state index contributed by atoms with van der Waals surface area (Å²) in [5.74, 6) is -1.32. The zero-order valence-corrected chi connectivity index (χ0v) is 10.1. The Morgan fingerprint density at radius 1 is 1.44 bits per heavy atom. The first kappa shape index (κ1) is 14.0. The van der Waals surface area contributed by atoms with E-state index in [1.54, 1.807) is 12.1 Å². The zero-order chi connectivity index (χ0) is 13.7. The summed E-state index contributed by atoms with van der Waals surface area (Å²) >= 11 is 0. The minimum Gasteiger partial charge on any atom is -0.496 e. The molecule has 0 aliphatic rings. The molecule has 6 heteroatoms. The van der Waals surface area contributed by atoms with E-state index < -0.39 is 24.5 Å². The van der Waals surface area contributed by atoms with Gasteiger partial charge in [0.15, 0.2) is 6.04 Å². The summed E-state index contributed by atoms with van der Waals surface area (Å²) in [6.07, 6.45) is 0. The number of carboxylic acids is 1. The molecule has 6 nitrogen and oxygen atoms in total. The molecule has 0 spiro atoms. The summed E-state index contributed by atoms with van der Waals surface area (Å²) in [5.41, 5.74) is 1.14. The topological polar surface area (TPSA) is 95.9 Å². The van der Waals surface area contributed by atoms with Crippen LogP contribution in [0.25, 0.3) is 0 Å². The Balaban J connectivity index is 2.87. The number of aliphatic carboxylic acids is 1. The third-order valence-corrected chi connectivity index (χ3v) is 2.46. The number of ether oxygens (including phenoxy) is 1. The number of nitrogens with one attached hydrogen (secondary N) is 1. The molecule has 1 aromatic carbocycles. The summed E-state index contributed by atoms with van der Waals surface area (Å²) in [6, 6.07) is 3.46. The van der Waals surface area contributed by atoms with E-state index in [1.807, 2.05) is 6.92 Å². The highest BCUT2D eigenvalue weighted by Crippen LogP contribution is 2.18. The first-order valence-corrected chi connectivity index (χ1v) is 5.28. The predicted molar refractivity (Wildman–Crippen MR) is 63.7 cm³/mol. The van der Waals surface area contributed by atoms with Crippen LogP contribution >= 0.6 is 0 Å². The van der Waals surface area contributed by atoms with Crippen LogP contribution in [0.5, 0.6) is 5.75 Å². The number of hydrogen-bond acceptors (Lipinski definition) is 4. The van der Waals surface area contributed by atoms with Crippen molar-refractivity contribution in [3.8, 4) is 5.75 Å². The van der Waals surface area contributed by atoms with E-state index in [9.17, 15) is 9.59 Å². The fraction of sp³-hybridized carbons (Fsp3) is 0.333. The van der Waals surface area contributed by atoms with Gasteiger partial charge in [-0.15, -0.1) is 0 Å². The number of carbonyl (C=O) groups is 2. The number of carboxylic acid groups (broad SMARTS) is 1. The van der Waals surface area contributed by atoms with Gasteiger partial charge in [-0.1, -0.05) is 6.07 Å². The Bertz CT molecular complexity index is 458. The van der Waals surface area contributed by atoms with Crippen molar-refractivity contribution in [1.29, 1.82) is 0 Å². The molecule has 98 valence electrons. The number of hydrogen-bond donors (Lipinski definition) is 3. The fourth-order valence-corrected chi connectivity index (χ4v) is 1.39. The quantitative estimate of drug-likeness (QED) is 0.695. The van der Waals surface area contributed by atoms with Crippen molar-refractivity contribution in [3.05, 3.63) is 29.3 Å². The standard InChI is InChI=1S/C12H15NO5/c1-7-3-4-8(5-10(7)18-2)11(15)13-9(6-14)12(16)17/h3-5,9,14H,6H2,1-2H3,(H,13,15)(H,16,17)/t9-/m1/s1. The highest BCUT2D eigenvalue weighted by Gasteiger charge is 2.19. The molecular weight excluding hydrogens is 238 g/mol. The maximum Gasteiger partial charge on any atom is 0.328 e. The molecule has 1 aromatic rings. The van der Waals surface area contributed by atoms with Gasteiger partial charge < -0.3 is 20.3 Å². The van der Waals surface area contributed by atoms with Crippen LogP contribution in [0.4, 0.5) is 0 Å². The Hall–Kier alpha value is -2.08. The molecule has 1 amide bonds. The van der Waals surface area contributed by atoms with Gasteiger partial charge in [0, 0.05) is 5.56 Å². The first-order valence-electron chi connectivity index (χ1n) is 5.28. The van der Waals surface area contributed by atoms with E-state index in [0.717, 1.165) is 5.56 Å². The molecule has 0 fully saturated rings. The van der Waals surface area contributed by atoms with Crippen molar-refractivity contribution in [1.82, 2.24) is 5.32 Å². The van der Waals surface area contributed by atoms with E-state index >= 15 is 0 Å². The lowest BCUT2D eigenvalue weighted by molar-refractivity contribution is -0.140. The molecule has 18 heavy (non-hydrogen) atoms. The summed E-state index contributed by atoms with van der Waals surface area (Å²) in [4.78, 5) is 22.4. The van der Waals surface area contributed by atoms with Crippen molar-refractivity contribution >= 4 is 11.9 Å². The van der Waals surface area contributed by atoms with E-state index in [2.05, 4.69) is 5.32 Å². The normalized spacial score (nSPS) is 11.7. The van der Waals surface area contributed by atoms with Crippen LogP contribution < -0.4 is 10.1 Å². The van der Waals surface area contributed by atoms with Gasteiger partial charge in [0.25, 0.3) is 5.91 Å². The van der Waals surface area contributed by atoms with E-state index in [4.69, 9.17) is 14.9 Å². The lowest BCUT2D eigenvalue weighted by atomic mass is 10.1. The lowest BCUT2D eigenvalue weighted by Crippen LogP contribution is -2.43.